The molecular formula is C21H28N4O3. The van der Waals surface area contributed by atoms with Crippen LogP contribution in [0.1, 0.15) is 41.4 Å². The van der Waals surface area contributed by atoms with Crippen LogP contribution in [0.15, 0.2) is 35.4 Å². The quantitative estimate of drug-likeness (QED) is 0.727. The summed E-state index contributed by atoms with van der Waals surface area (Å²) in [6.45, 7) is 5.80. The molecule has 0 radical (unpaired) electrons. The van der Waals surface area contributed by atoms with E-state index in [1.54, 1.807) is 13.2 Å². The van der Waals surface area contributed by atoms with Crippen molar-refractivity contribution in [2.45, 2.75) is 32.7 Å². The van der Waals surface area contributed by atoms with Gasteiger partial charge in [-0.3, -0.25) is 9.59 Å². The fourth-order valence-electron chi connectivity index (χ4n) is 3.77. The largest absolute Gasteiger partial charge is 0.496 e. The number of H-pyrrole nitrogens is 1. The maximum atomic E-state index is 12.6. The molecule has 28 heavy (non-hydrogen) atoms. The first-order valence-electron chi connectivity index (χ1n) is 9.80. The number of hydrogen-bond donors (Lipinski definition) is 2. The molecule has 1 amide bonds. The average Bonchev–Trinajstić information content (AvgIpc) is 3.13. The number of carbonyl (C=O) groups excluding carboxylic acids is 1. The van der Waals surface area contributed by atoms with Gasteiger partial charge in [0.2, 0.25) is 0 Å². The SMILES string of the molecule is CCCN1CCC(Cc2cc(C(=O)NCc3cc(=O)[nH]cn3)ccc2OC)C1. The fourth-order valence-corrected chi connectivity index (χ4v) is 3.77. The van der Waals surface area contributed by atoms with E-state index in [1.165, 1.54) is 25.2 Å². The van der Waals surface area contributed by atoms with Crippen molar-refractivity contribution < 1.29 is 9.53 Å². The zero-order chi connectivity index (χ0) is 19.9. The monoisotopic (exact) mass is 384 g/mol. The van der Waals surface area contributed by atoms with Crippen molar-refractivity contribution in [2.24, 2.45) is 5.92 Å². The minimum absolute atomic E-state index is 0.190. The van der Waals surface area contributed by atoms with Gasteiger partial charge in [0.1, 0.15) is 5.75 Å². The summed E-state index contributed by atoms with van der Waals surface area (Å²) in [4.78, 5) is 32.9. The lowest BCUT2D eigenvalue weighted by Crippen LogP contribution is -2.24. The molecular weight excluding hydrogens is 356 g/mol. The molecule has 0 saturated carbocycles. The summed E-state index contributed by atoms with van der Waals surface area (Å²) in [6.07, 6.45) is 4.58. The maximum absolute atomic E-state index is 12.6. The lowest BCUT2D eigenvalue weighted by Gasteiger charge is -2.16. The highest BCUT2D eigenvalue weighted by Gasteiger charge is 2.23. The number of hydrogen-bond acceptors (Lipinski definition) is 5. The van der Waals surface area contributed by atoms with Gasteiger partial charge in [0.25, 0.3) is 11.5 Å². The number of amides is 1. The minimum Gasteiger partial charge on any atom is -0.496 e. The second-order valence-corrected chi connectivity index (χ2v) is 7.27. The van der Waals surface area contributed by atoms with E-state index in [2.05, 4.69) is 27.1 Å². The molecule has 150 valence electrons. The van der Waals surface area contributed by atoms with Gasteiger partial charge in [-0.1, -0.05) is 6.92 Å². The van der Waals surface area contributed by atoms with Gasteiger partial charge in [-0.25, -0.2) is 4.98 Å². The van der Waals surface area contributed by atoms with Crippen molar-refractivity contribution in [1.82, 2.24) is 20.2 Å². The maximum Gasteiger partial charge on any atom is 0.251 e. The van der Waals surface area contributed by atoms with E-state index < -0.39 is 0 Å². The number of rotatable bonds is 8. The Labute approximate surface area is 165 Å². The van der Waals surface area contributed by atoms with Crippen LogP contribution in [-0.4, -0.2) is 47.5 Å². The van der Waals surface area contributed by atoms with Crippen LogP contribution in [0.2, 0.25) is 0 Å². The van der Waals surface area contributed by atoms with Crippen molar-refractivity contribution in [2.75, 3.05) is 26.7 Å². The summed E-state index contributed by atoms with van der Waals surface area (Å²) >= 11 is 0. The summed E-state index contributed by atoms with van der Waals surface area (Å²) in [7, 11) is 1.66. The smallest absolute Gasteiger partial charge is 0.251 e. The van der Waals surface area contributed by atoms with Crippen LogP contribution in [-0.2, 0) is 13.0 Å². The summed E-state index contributed by atoms with van der Waals surface area (Å²) in [5.74, 6) is 1.21. The Morgan fingerprint density at radius 2 is 2.25 bits per heavy atom. The number of ether oxygens (including phenoxy) is 1. The lowest BCUT2D eigenvalue weighted by atomic mass is 9.96. The molecule has 1 fully saturated rings. The zero-order valence-electron chi connectivity index (χ0n) is 16.5. The first kappa shape index (κ1) is 20.1. The molecule has 1 saturated heterocycles. The number of likely N-dealkylation sites (tertiary alicyclic amines) is 1. The average molecular weight is 384 g/mol. The van der Waals surface area contributed by atoms with Crippen molar-refractivity contribution in [3.8, 4) is 5.75 Å². The Balaban J connectivity index is 1.66. The third kappa shape index (κ3) is 5.19. The molecule has 1 aliphatic rings. The molecule has 1 aromatic carbocycles. The minimum atomic E-state index is -0.236. The predicted octanol–water partition coefficient (Wildman–Crippen LogP) is 1.98. The van der Waals surface area contributed by atoms with Gasteiger partial charge in [0.15, 0.2) is 0 Å². The second-order valence-electron chi connectivity index (χ2n) is 7.27. The molecule has 1 unspecified atom stereocenters. The zero-order valence-corrected chi connectivity index (χ0v) is 16.5. The molecule has 7 heteroatoms. The Bertz CT molecular complexity index is 865. The van der Waals surface area contributed by atoms with Crippen molar-refractivity contribution >= 4 is 5.91 Å². The van der Waals surface area contributed by atoms with Gasteiger partial charge in [-0.2, -0.15) is 0 Å². The standard InChI is InChI=1S/C21H28N4O3/c1-3-7-25-8-6-15(13-25)9-17-10-16(4-5-19(17)28-2)21(27)22-12-18-11-20(26)24-14-23-18/h4-5,10-11,14-15H,3,6-9,12-13H2,1-2H3,(H,22,27)(H,23,24,26). The number of carbonyl (C=O) groups is 1. The van der Waals surface area contributed by atoms with E-state index in [-0.39, 0.29) is 18.0 Å². The number of benzene rings is 1. The van der Waals surface area contributed by atoms with E-state index >= 15 is 0 Å². The van der Waals surface area contributed by atoms with Crippen LogP contribution >= 0.6 is 0 Å². The number of methoxy groups -OCH3 is 1. The van der Waals surface area contributed by atoms with E-state index in [1.807, 2.05) is 12.1 Å². The fraction of sp³-hybridized carbons (Fsp3) is 0.476. The van der Waals surface area contributed by atoms with Crippen molar-refractivity contribution in [1.29, 1.82) is 0 Å². The first-order valence-corrected chi connectivity index (χ1v) is 9.80. The Hall–Kier alpha value is -2.67. The van der Waals surface area contributed by atoms with Crippen LogP contribution in [0.5, 0.6) is 5.75 Å². The molecule has 7 nitrogen and oxygen atoms in total. The van der Waals surface area contributed by atoms with Crippen LogP contribution in [0.4, 0.5) is 0 Å². The molecule has 0 spiro atoms. The molecule has 0 bridgehead atoms. The molecule has 2 N–H and O–H groups in total. The number of nitrogens with one attached hydrogen (secondary N) is 2. The normalized spacial score (nSPS) is 16.9. The lowest BCUT2D eigenvalue weighted by molar-refractivity contribution is 0.0950. The van der Waals surface area contributed by atoms with Gasteiger partial charge >= 0.3 is 0 Å². The third-order valence-electron chi connectivity index (χ3n) is 5.13. The number of aromatic amines is 1. The topological polar surface area (TPSA) is 87.3 Å². The predicted molar refractivity (Wildman–Crippen MR) is 108 cm³/mol. The van der Waals surface area contributed by atoms with E-state index in [9.17, 15) is 9.59 Å². The van der Waals surface area contributed by atoms with E-state index in [0.29, 0.717) is 17.2 Å². The highest BCUT2D eigenvalue weighted by Crippen LogP contribution is 2.27. The van der Waals surface area contributed by atoms with E-state index in [0.717, 1.165) is 37.4 Å². The molecule has 3 rings (SSSR count). The van der Waals surface area contributed by atoms with Crippen molar-refractivity contribution in [3.05, 3.63) is 57.8 Å². The third-order valence-corrected chi connectivity index (χ3v) is 5.13. The van der Waals surface area contributed by atoms with E-state index in [4.69, 9.17) is 4.74 Å². The van der Waals surface area contributed by atoms with Gasteiger partial charge < -0.3 is 19.9 Å². The van der Waals surface area contributed by atoms with Gasteiger partial charge in [0, 0.05) is 18.2 Å². The van der Waals surface area contributed by atoms with Gasteiger partial charge in [-0.15, -0.1) is 0 Å². The summed E-state index contributed by atoms with van der Waals surface area (Å²) < 4.78 is 5.51. The van der Waals surface area contributed by atoms with Crippen molar-refractivity contribution in [3.63, 3.8) is 0 Å². The molecule has 1 aliphatic heterocycles. The molecule has 1 atom stereocenters. The second kappa shape index (κ2) is 9.50. The summed E-state index contributed by atoms with van der Waals surface area (Å²) in [5.41, 5.74) is 1.93. The van der Waals surface area contributed by atoms with Crippen LogP contribution in [0.25, 0.3) is 0 Å². The number of nitrogens with zero attached hydrogens (tertiary/aromatic N) is 2. The van der Waals surface area contributed by atoms with Gasteiger partial charge in [-0.05, 0) is 62.0 Å². The molecule has 1 aromatic heterocycles. The number of aromatic nitrogens is 2. The Morgan fingerprint density at radius 3 is 3.00 bits per heavy atom. The summed E-state index contributed by atoms with van der Waals surface area (Å²) in [5, 5.41) is 2.82. The van der Waals surface area contributed by atoms with Gasteiger partial charge in [0.05, 0.1) is 25.7 Å². The highest BCUT2D eigenvalue weighted by molar-refractivity contribution is 5.94. The first-order chi connectivity index (χ1) is 13.6. The van der Waals surface area contributed by atoms with Crippen LogP contribution in [0, 0.1) is 5.92 Å². The molecule has 0 aliphatic carbocycles. The Kier molecular flexibility index (Phi) is 6.81. The summed E-state index contributed by atoms with van der Waals surface area (Å²) in [6, 6.07) is 6.92. The Morgan fingerprint density at radius 1 is 1.39 bits per heavy atom. The molecule has 2 heterocycles. The van der Waals surface area contributed by atoms with Crippen LogP contribution < -0.4 is 15.6 Å². The van der Waals surface area contributed by atoms with Crippen LogP contribution in [0.3, 0.4) is 0 Å². The molecule has 2 aromatic rings. The highest BCUT2D eigenvalue weighted by atomic mass is 16.5.